The molecule has 0 fully saturated rings. The van der Waals surface area contributed by atoms with Crippen molar-refractivity contribution >= 4 is 29.2 Å². The molecule has 0 unspecified atom stereocenters. The van der Waals surface area contributed by atoms with E-state index < -0.39 is 5.97 Å². The van der Waals surface area contributed by atoms with Crippen LogP contribution in [0.1, 0.15) is 27.0 Å². The molecule has 150 valence electrons. The van der Waals surface area contributed by atoms with E-state index in [0.717, 1.165) is 16.7 Å². The van der Waals surface area contributed by atoms with Gasteiger partial charge in [0.2, 0.25) is 0 Å². The Morgan fingerprint density at radius 1 is 1.03 bits per heavy atom. The van der Waals surface area contributed by atoms with E-state index >= 15 is 0 Å². The Morgan fingerprint density at radius 2 is 1.70 bits per heavy atom. The summed E-state index contributed by atoms with van der Waals surface area (Å²) < 4.78 is 11.2. The van der Waals surface area contributed by atoms with Crippen LogP contribution in [0, 0.1) is 11.3 Å². The van der Waals surface area contributed by atoms with Crippen LogP contribution in [-0.2, 0) is 6.61 Å². The molecule has 3 aromatic carbocycles. The maximum absolute atomic E-state index is 10.8. The molecule has 0 saturated heterocycles. The number of carbonyl (C=O) groups excluding carboxylic acids is 1. The molecule has 0 amide bonds. The summed E-state index contributed by atoms with van der Waals surface area (Å²) in [5.41, 5.74) is 2.96. The van der Waals surface area contributed by atoms with Crippen LogP contribution in [0.3, 0.4) is 0 Å². The van der Waals surface area contributed by atoms with Gasteiger partial charge in [-0.1, -0.05) is 54.1 Å². The molecular weight excluding hydrogens is 402 g/mol. The van der Waals surface area contributed by atoms with Gasteiger partial charge in [0.05, 0.1) is 24.7 Å². The number of aromatic carboxylic acids is 1. The van der Waals surface area contributed by atoms with Crippen LogP contribution in [0.15, 0.2) is 66.7 Å². The van der Waals surface area contributed by atoms with Crippen molar-refractivity contribution in [2.45, 2.75) is 6.61 Å². The van der Waals surface area contributed by atoms with Crippen molar-refractivity contribution in [3.8, 4) is 17.6 Å². The third kappa shape index (κ3) is 5.19. The molecule has 0 aliphatic rings. The van der Waals surface area contributed by atoms with E-state index in [2.05, 4.69) is 6.07 Å². The lowest BCUT2D eigenvalue weighted by Gasteiger charge is -2.12. The van der Waals surface area contributed by atoms with E-state index in [-0.39, 0.29) is 12.2 Å². The quantitative estimate of drug-likeness (QED) is 0.420. The number of hydrogen-bond donors (Lipinski definition) is 0. The second-order valence-corrected chi connectivity index (χ2v) is 6.80. The van der Waals surface area contributed by atoms with Gasteiger partial charge in [-0.15, -0.1) is 0 Å². The molecule has 0 heterocycles. The fourth-order valence-corrected chi connectivity index (χ4v) is 2.89. The maximum Gasteiger partial charge on any atom is 0.161 e. The van der Waals surface area contributed by atoms with Crippen LogP contribution in [0.25, 0.3) is 11.6 Å². The number of rotatable bonds is 7. The second kappa shape index (κ2) is 9.64. The predicted octanol–water partition coefficient (Wildman–Crippen LogP) is 4.36. The Labute approximate surface area is 179 Å². The molecule has 0 atom stereocenters. The topological polar surface area (TPSA) is 82.4 Å². The third-order valence-corrected chi connectivity index (χ3v) is 4.61. The number of ether oxygens (including phenoxy) is 2. The first-order valence-corrected chi connectivity index (χ1v) is 9.37. The minimum absolute atomic E-state index is 0.112. The molecule has 0 aliphatic heterocycles. The van der Waals surface area contributed by atoms with Gasteiger partial charge in [-0.05, 0) is 52.6 Å². The zero-order chi connectivity index (χ0) is 21.5. The number of halogens is 1. The number of hydrogen-bond acceptors (Lipinski definition) is 5. The number of methoxy groups -OCH3 is 1. The van der Waals surface area contributed by atoms with Crippen LogP contribution in [0.5, 0.6) is 11.5 Å². The Hall–Kier alpha value is -3.75. The fraction of sp³-hybridized carbons (Fsp3) is 0.0833. The molecule has 0 spiro atoms. The van der Waals surface area contributed by atoms with Gasteiger partial charge in [0.1, 0.15) is 6.61 Å². The van der Waals surface area contributed by atoms with Gasteiger partial charge in [0.25, 0.3) is 0 Å². The number of allylic oxidation sites excluding steroid dienone is 1. The molecule has 0 saturated carbocycles. The molecule has 30 heavy (non-hydrogen) atoms. The minimum Gasteiger partial charge on any atom is -0.545 e. The van der Waals surface area contributed by atoms with Gasteiger partial charge >= 0.3 is 0 Å². The smallest absolute Gasteiger partial charge is 0.161 e. The first kappa shape index (κ1) is 21.0. The number of nitrogens with zero attached hydrogens (tertiary/aromatic N) is 1. The number of nitriles is 1. The summed E-state index contributed by atoms with van der Waals surface area (Å²) in [5, 5.41) is 20.9. The average molecular weight is 419 g/mol. The fourth-order valence-electron chi connectivity index (χ4n) is 2.77. The van der Waals surface area contributed by atoms with Gasteiger partial charge in [-0.25, -0.2) is 0 Å². The summed E-state index contributed by atoms with van der Waals surface area (Å²) in [6.45, 7) is 0.243. The minimum atomic E-state index is -1.22. The number of benzene rings is 3. The van der Waals surface area contributed by atoms with Crippen molar-refractivity contribution < 1.29 is 19.4 Å². The Morgan fingerprint density at radius 3 is 2.30 bits per heavy atom. The molecule has 0 aromatic heterocycles. The van der Waals surface area contributed by atoms with Gasteiger partial charge in [0.15, 0.2) is 11.5 Å². The lowest BCUT2D eigenvalue weighted by atomic mass is 10.0. The highest BCUT2D eigenvalue weighted by molar-refractivity contribution is 6.30. The summed E-state index contributed by atoms with van der Waals surface area (Å²) in [4.78, 5) is 10.8. The monoisotopic (exact) mass is 418 g/mol. The lowest BCUT2D eigenvalue weighted by Crippen LogP contribution is -2.22. The third-order valence-electron chi connectivity index (χ3n) is 4.36. The van der Waals surface area contributed by atoms with Crippen LogP contribution in [0.4, 0.5) is 0 Å². The molecule has 0 N–H and O–H groups in total. The predicted molar refractivity (Wildman–Crippen MR) is 113 cm³/mol. The van der Waals surface area contributed by atoms with E-state index in [1.54, 1.807) is 54.6 Å². The highest BCUT2D eigenvalue weighted by Crippen LogP contribution is 2.30. The van der Waals surface area contributed by atoms with Gasteiger partial charge in [-0.2, -0.15) is 5.26 Å². The number of carboxylic acid groups (broad SMARTS) is 1. The highest BCUT2D eigenvalue weighted by Gasteiger charge is 2.08. The first-order valence-electron chi connectivity index (χ1n) is 8.99. The number of carboxylic acids is 1. The van der Waals surface area contributed by atoms with E-state index in [1.807, 2.05) is 6.07 Å². The van der Waals surface area contributed by atoms with Crippen LogP contribution < -0.4 is 14.6 Å². The average Bonchev–Trinajstić information content (AvgIpc) is 2.77. The van der Waals surface area contributed by atoms with E-state index in [9.17, 15) is 15.2 Å². The molecule has 3 aromatic rings. The van der Waals surface area contributed by atoms with E-state index in [0.29, 0.717) is 22.1 Å². The largest absolute Gasteiger partial charge is 0.545 e. The first-order chi connectivity index (χ1) is 14.5. The summed E-state index contributed by atoms with van der Waals surface area (Å²) in [5.74, 6) is -0.171. The molecule has 0 bridgehead atoms. The Balaban J connectivity index is 1.78. The SMILES string of the molecule is COc1cc(/C=C(\C#N)c2ccc(Cl)cc2)ccc1OCc1ccc(C(=O)[O-])cc1. The molecule has 0 radical (unpaired) electrons. The summed E-state index contributed by atoms with van der Waals surface area (Å²) >= 11 is 5.91. The summed E-state index contributed by atoms with van der Waals surface area (Å²) in [7, 11) is 1.54. The standard InChI is InChI=1S/C24H18ClNO4/c1-29-23-13-17(12-20(14-26)18-7-9-21(25)10-8-18)4-11-22(23)30-15-16-2-5-19(6-3-16)24(27)28/h2-13H,15H2,1H3,(H,27,28)/p-1/b20-12+. The maximum atomic E-state index is 10.8. The number of carbonyl (C=O) groups is 1. The lowest BCUT2D eigenvalue weighted by molar-refractivity contribution is -0.255. The van der Waals surface area contributed by atoms with Crippen LogP contribution >= 0.6 is 11.6 Å². The zero-order valence-corrected chi connectivity index (χ0v) is 16.8. The van der Waals surface area contributed by atoms with Crippen molar-refractivity contribution in [3.63, 3.8) is 0 Å². The van der Waals surface area contributed by atoms with Crippen LogP contribution in [-0.4, -0.2) is 13.1 Å². The van der Waals surface area contributed by atoms with Crippen LogP contribution in [0.2, 0.25) is 5.02 Å². The summed E-state index contributed by atoms with van der Waals surface area (Å²) in [6.07, 6.45) is 1.76. The van der Waals surface area contributed by atoms with Crippen molar-refractivity contribution in [2.75, 3.05) is 7.11 Å². The molecule has 6 heteroatoms. The molecule has 3 rings (SSSR count). The highest BCUT2D eigenvalue weighted by atomic mass is 35.5. The normalized spacial score (nSPS) is 10.9. The van der Waals surface area contributed by atoms with Crippen molar-refractivity contribution in [1.82, 2.24) is 0 Å². The van der Waals surface area contributed by atoms with E-state index in [4.69, 9.17) is 21.1 Å². The van der Waals surface area contributed by atoms with E-state index in [1.165, 1.54) is 19.2 Å². The van der Waals surface area contributed by atoms with Gasteiger partial charge in [0, 0.05) is 5.02 Å². The molecule has 5 nitrogen and oxygen atoms in total. The van der Waals surface area contributed by atoms with Gasteiger partial charge < -0.3 is 19.4 Å². The van der Waals surface area contributed by atoms with Gasteiger partial charge in [-0.3, -0.25) is 0 Å². The van der Waals surface area contributed by atoms with Crippen molar-refractivity contribution in [1.29, 1.82) is 5.26 Å². The molecular formula is C24H17ClNO4-. The summed E-state index contributed by atoms with van der Waals surface area (Å²) in [6, 6.07) is 20.9. The Kier molecular flexibility index (Phi) is 6.74. The second-order valence-electron chi connectivity index (χ2n) is 6.36. The molecule has 0 aliphatic carbocycles. The van der Waals surface area contributed by atoms with Crippen molar-refractivity contribution in [2.24, 2.45) is 0 Å². The van der Waals surface area contributed by atoms with Crippen molar-refractivity contribution in [3.05, 3.63) is 94.0 Å². The zero-order valence-electron chi connectivity index (χ0n) is 16.1. The Bertz CT molecular complexity index is 1110.